The second kappa shape index (κ2) is 4.82. The molecular weight excluding hydrogens is 226 g/mol. The fourth-order valence-electron chi connectivity index (χ4n) is 1.57. The Balaban J connectivity index is 3.60. The number of nitrogens with one attached hydrogen (secondary N) is 1. The molecule has 0 spiro atoms. The predicted octanol–water partition coefficient (Wildman–Crippen LogP) is 0.565. The van der Waals surface area contributed by atoms with Gasteiger partial charge in [0.05, 0.1) is 14.2 Å². The maximum Gasteiger partial charge on any atom is 0.343 e. The van der Waals surface area contributed by atoms with Crippen LogP contribution in [0.4, 0.5) is 0 Å². The number of esters is 2. The van der Waals surface area contributed by atoms with Crippen LogP contribution in [0.2, 0.25) is 0 Å². The lowest BCUT2D eigenvalue weighted by Gasteiger charge is -2.08. The van der Waals surface area contributed by atoms with Crippen molar-refractivity contribution < 1.29 is 19.1 Å². The van der Waals surface area contributed by atoms with Crippen LogP contribution in [0.1, 0.15) is 32.1 Å². The smallest absolute Gasteiger partial charge is 0.343 e. The molecule has 0 fully saturated rings. The van der Waals surface area contributed by atoms with Crippen molar-refractivity contribution >= 4 is 11.9 Å². The molecule has 0 unspecified atom stereocenters. The first-order valence-electron chi connectivity index (χ1n) is 4.84. The van der Waals surface area contributed by atoms with Crippen LogP contribution in [0.5, 0.6) is 0 Å². The van der Waals surface area contributed by atoms with Crippen LogP contribution in [0, 0.1) is 13.8 Å². The highest BCUT2D eigenvalue weighted by Gasteiger charge is 2.23. The predicted molar refractivity (Wildman–Crippen MR) is 59.2 cm³/mol. The average molecular weight is 239 g/mol. The Morgan fingerprint density at radius 1 is 0.941 bits per heavy atom. The zero-order valence-electron chi connectivity index (χ0n) is 10.0. The second-order valence-corrected chi connectivity index (χ2v) is 3.44. The van der Waals surface area contributed by atoms with Crippen molar-refractivity contribution in [3.8, 4) is 0 Å². The second-order valence-electron chi connectivity index (χ2n) is 3.44. The van der Waals surface area contributed by atoms with E-state index in [4.69, 9.17) is 0 Å². The van der Waals surface area contributed by atoms with E-state index in [1.807, 2.05) is 0 Å². The molecule has 0 atom stereocenters. The van der Waals surface area contributed by atoms with Crippen molar-refractivity contribution in [1.82, 2.24) is 4.98 Å². The largest absolute Gasteiger partial charge is 0.465 e. The number of H-pyrrole nitrogens is 1. The molecule has 1 heterocycles. The SMILES string of the molecule is COC(=O)c1c(C)[nH]c(C)c(C(=O)OC)c1=O. The number of carbonyl (C=O) groups excluding carboxylic acids is 2. The van der Waals surface area contributed by atoms with Crippen molar-refractivity contribution in [2.75, 3.05) is 14.2 Å². The van der Waals surface area contributed by atoms with Crippen molar-refractivity contribution in [1.29, 1.82) is 0 Å². The molecule has 1 N–H and O–H groups in total. The van der Waals surface area contributed by atoms with Crippen LogP contribution >= 0.6 is 0 Å². The van der Waals surface area contributed by atoms with Gasteiger partial charge in [0.2, 0.25) is 5.43 Å². The van der Waals surface area contributed by atoms with E-state index in [1.165, 1.54) is 14.2 Å². The number of hydrogen-bond donors (Lipinski definition) is 1. The standard InChI is InChI=1S/C11H13NO5/c1-5-7(10(14)16-3)9(13)8(6(2)12-5)11(15)17-4/h1-4H3,(H,12,13). The minimum atomic E-state index is -0.783. The summed E-state index contributed by atoms with van der Waals surface area (Å²) in [7, 11) is 2.33. The van der Waals surface area contributed by atoms with Gasteiger partial charge in [0.1, 0.15) is 11.1 Å². The van der Waals surface area contributed by atoms with E-state index in [0.29, 0.717) is 11.4 Å². The van der Waals surface area contributed by atoms with Gasteiger partial charge in [0.25, 0.3) is 0 Å². The molecule has 92 valence electrons. The van der Waals surface area contributed by atoms with Crippen LogP contribution < -0.4 is 5.43 Å². The molecule has 6 heteroatoms. The lowest BCUT2D eigenvalue weighted by molar-refractivity contribution is 0.0594. The Bertz CT molecular complexity index is 486. The van der Waals surface area contributed by atoms with Crippen LogP contribution in [-0.4, -0.2) is 31.1 Å². The number of hydrogen-bond acceptors (Lipinski definition) is 5. The van der Waals surface area contributed by atoms with Gasteiger partial charge in [-0.05, 0) is 13.8 Å². The lowest BCUT2D eigenvalue weighted by Crippen LogP contribution is -2.27. The highest BCUT2D eigenvalue weighted by Crippen LogP contribution is 2.08. The Morgan fingerprint density at radius 3 is 1.59 bits per heavy atom. The Morgan fingerprint density at radius 2 is 1.29 bits per heavy atom. The first-order valence-corrected chi connectivity index (χ1v) is 4.84. The molecule has 0 amide bonds. The summed E-state index contributed by atoms with van der Waals surface area (Å²) in [6.45, 7) is 3.11. The molecule has 0 aliphatic rings. The van der Waals surface area contributed by atoms with Crippen molar-refractivity contribution in [3.63, 3.8) is 0 Å². The molecule has 0 aliphatic carbocycles. The highest BCUT2D eigenvalue weighted by atomic mass is 16.5. The quantitative estimate of drug-likeness (QED) is 0.762. The van der Waals surface area contributed by atoms with E-state index in [9.17, 15) is 14.4 Å². The zero-order valence-corrected chi connectivity index (χ0v) is 10.0. The van der Waals surface area contributed by atoms with Crippen molar-refractivity contribution in [2.24, 2.45) is 0 Å². The third-order valence-corrected chi connectivity index (χ3v) is 2.36. The Labute approximate surface area is 97.6 Å². The molecule has 6 nitrogen and oxygen atoms in total. The maximum absolute atomic E-state index is 12.0. The maximum atomic E-state index is 12.0. The van der Waals surface area contributed by atoms with Crippen LogP contribution in [0.15, 0.2) is 4.79 Å². The van der Waals surface area contributed by atoms with E-state index in [0.717, 1.165) is 0 Å². The molecule has 17 heavy (non-hydrogen) atoms. The summed E-state index contributed by atoms with van der Waals surface area (Å²) in [5.74, 6) is -1.57. The molecule has 1 aromatic heterocycles. The Hall–Kier alpha value is -2.11. The van der Waals surface area contributed by atoms with E-state index < -0.39 is 17.4 Å². The number of ether oxygens (including phenoxy) is 2. The number of pyridine rings is 1. The van der Waals surface area contributed by atoms with E-state index in [-0.39, 0.29) is 11.1 Å². The van der Waals surface area contributed by atoms with Gasteiger partial charge in [-0.25, -0.2) is 9.59 Å². The summed E-state index contributed by atoms with van der Waals surface area (Å²) in [5, 5.41) is 0. The first-order chi connectivity index (χ1) is 7.93. The summed E-state index contributed by atoms with van der Waals surface area (Å²) >= 11 is 0. The fraction of sp³-hybridized carbons (Fsp3) is 0.364. The van der Waals surface area contributed by atoms with Crippen LogP contribution in [-0.2, 0) is 9.47 Å². The third-order valence-electron chi connectivity index (χ3n) is 2.36. The number of aromatic nitrogens is 1. The first kappa shape index (κ1) is 13.0. The average Bonchev–Trinajstić information content (AvgIpc) is 2.27. The van der Waals surface area contributed by atoms with Gasteiger partial charge in [-0.1, -0.05) is 0 Å². The molecule has 0 saturated carbocycles. The van der Waals surface area contributed by atoms with Gasteiger partial charge in [-0.15, -0.1) is 0 Å². The summed E-state index contributed by atoms with van der Waals surface area (Å²) in [6.07, 6.45) is 0. The molecule has 1 rings (SSSR count). The van der Waals surface area contributed by atoms with Gasteiger partial charge >= 0.3 is 11.9 Å². The fourth-order valence-corrected chi connectivity index (χ4v) is 1.57. The minimum Gasteiger partial charge on any atom is -0.465 e. The van der Waals surface area contributed by atoms with E-state index >= 15 is 0 Å². The number of aryl methyl sites for hydroxylation is 2. The van der Waals surface area contributed by atoms with Gasteiger partial charge in [0.15, 0.2) is 0 Å². The molecule has 0 bridgehead atoms. The Kier molecular flexibility index (Phi) is 3.67. The summed E-state index contributed by atoms with van der Waals surface area (Å²) in [4.78, 5) is 37.6. The van der Waals surface area contributed by atoms with Gasteiger partial charge in [-0.2, -0.15) is 0 Å². The number of methoxy groups -OCH3 is 2. The number of carbonyl (C=O) groups is 2. The van der Waals surface area contributed by atoms with Crippen molar-refractivity contribution in [3.05, 3.63) is 32.7 Å². The van der Waals surface area contributed by atoms with Crippen LogP contribution in [0.3, 0.4) is 0 Å². The zero-order chi connectivity index (χ0) is 13.2. The van der Waals surface area contributed by atoms with E-state index in [2.05, 4.69) is 14.5 Å². The summed E-state index contributed by atoms with van der Waals surface area (Å²) in [5.41, 5.74) is -0.339. The number of rotatable bonds is 2. The molecular formula is C11H13NO5. The highest BCUT2D eigenvalue weighted by molar-refractivity contribution is 5.96. The monoisotopic (exact) mass is 239 g/mol. The van der Waals surface area contributed by atoms with Gasteiger partial charge in [0, 0.05) is 11.4 Å². The number of aromatic amines is 1. The molecule has 0 radical (unpaired) electrons. The van der Waals surface area contributed by atoms with Gasteiger partial charge in [-0.3, -0.25) is 4.79 Å². The topological polar surface area (TPSA) is 85.5 Å². The molecule has 0 aliphatic heterocycles. The summed E-state index contributed by atoms with van der Waals surface area (Å²) < 4.78 is 8.99. The third kappa shape index (κ3) is 2.20. The molecule has 1 aromatic rings. The lowest BCUT2D eigenvalue weighted by atomic mass is 10.1. The summed E-state index contributed by atoms with van der Waals surface area (Å²) in [6, 6.07) is 0. The van der Waals surface area contributed by atoms with E-state index in [1.54, 1.807) is 13.8 Å². The minimum absolute atomic E-state index is 0.182. The normalized spacial score (nSPS) is 9.88. The van der Waals surface area contributed by atoms with Crippen molar-refractivity contribution in [2.45, 2.75) is 13.8 Å². The molecule has 0 saturated heterocycles. The molecule has 0 aromatic carbocycles. The van der Waals surface area contributed by atoms with Crippen LogP contribution in [0.25, 0.3) is 0 Å². The van der Waals surface area contributed by atoms with Gasteiger partial charge < -0.3 is 14.5 Å².